The average Bonchev–Trinajstić information content (AvgIpc) is 2.18. The Hall–Kier alpha value is -1.06. The Morgan fingerprint density at radius 1 is 1.47 bits per heavy atom. The monoisotopic (exact) mass is 207 g/mol. The molecule has 15 heavy (non-hydrogen) atoms. The van der Waals surface area contributed by atoms with Gasteiger partial charge in [0.15, 0.2) is 0 Å². The first-order valence-corrected chi connectivity index (χ1v) is 5.26. The number of ether oxygens (including phenoxy) is 1. The molecular weight excluding hydrogens is 190 g/mol. The van der Waals surface area contributed by atoms with Crippen LogP contribution >= 0.6 is 0 Å². The van der Waals surface area contributed by atoms with Gasteiger partial charge < -0.3 is 15.6 Å². The Kier molecular flexibility index (Phi) is 2.67. The molecule has 3 heteroatoms. The minimum atomic E-state index is -0.205. The summed E-state index contributed by atoms with van der Waals surface area (Å²) in [6.45, 7) is 0.434. The lowest BCUT2D eigenvalue weighted by Gasteiger charge is -2.38. The van der Waals surface area contributed by atoms with E-state index < -0.39 is 0 Å². The van der Waals surface area contributed by atoms with Crippen LogP contribution in [0.1, 0.15) is 30.4 Å². The van der Waals surface area contributed by atoms with Crippen molar-refractivity contribution in [2.75, 3.05) is 7.11 Å². The van der Waals surface area contributed by atoms with Crippen molar-refractivity contribution >= 4 is 0 Å². The van der Waals surface area contributed by atoms with Gasteiger partial charge >= 0.3 is 0 Å². The normalized spacial score (nSPS) is 18.5. The smallest absolute Gasteiger partial charge is 0.121 e. The molecule has 0 saturated heterocycles. The summed E-state index contributed by atoms with van der Waals surface area (Å²) >= 11 is 0. The summed E-state index contributed by atoms with van der Waals surface area (Å²) < 4.78 is 4.98. The van der Waals surface area contributed by atoms with Gasteiger partial charge in [-0.3, -0.25) is 0 Å². The molecular formula is C12H17NO2. The molecule has 0 radical (unpaired) electrons. The number of phenolic OH excluding ortho intramolecular Hbond substituents is 1. The van der Waals surface area contributed by atoms with Gasteiger partial charge in [0.1, 0.15) is 5.75 Å². The Balaban J connectivity index is 2.25. The third-order valence-electron chi connectivity index (χ3n) is 3.21. The van der Waals surface area contributed by atoms with E-state index in [1.807, 2.05) is 12.1 Å². The van der Waals surface area contributed by atoms with Crippen LogP contribution in [0.2, 0.25) is 0 Å². The van der Waals surface area contributed by atoms with E-state index in [2.05, 4.69) is 0 Å². The van der Waals surface area contributed by atoms with Gasteiger partial charge in [-0.2, -0.15) is 0 Å². The third kappa shape index (κ3) is 1.85. The molecule has 1 saturated carbocycles. The van der Waals surface area contributed by atoms with Crippen molar-refractivity contribution in [1.29, 1.82) is 0 Å². The SMILES string of the molecule is COCc1ccc(C2(N)CCC2)cc1O. The molecule has 3 N–H and O–H groups in total. The molecule has 1 aromatic rings. The van der Waals surface area contributed by atoms with E-state index in [1.54, 1.807) is 13.2 Å². The van der Waals surface area contributed by atoms with Gasteiger partial charge in [0, 0.05) is 18.2 Å². The predicted molar refractivity (Wildman–Crippen MR) is 58.5 cm³/mol. The molecule has 82 valence electrons. The molecule has 0 aliphatic heterocycles. The average molecular weight is 207 g/mol. The largest absolute Gasteiger partial charge is 0.508 e. The summed E-state index contributed by atoms with van der Waals surface area (Å²) in [7, 11) is 1.61. The fourth-order valence-corrected chi connectivity index (χ4v) is 2.00. The maximum atomic E-state index is 9.77. The number of rotatable bonds is 3. The third-order valence-corrected chi connectivity index (χ3v) is 3.21. The van der Waals surface area contributed by atoms with Crippen LogP contribution in [0.15, 0.2) is 18.2 Å². The number of aromatic hydroxyl groups is 1. The Morgan fingerprint density at radius 3 is 2.67 bits per heavy atom. The molecule has 0 spiro atoms. The lowest BCUT2D eigenvalue weighted by molar-refractivity contribution is 0.181. The number of hydrogen-bond acceptors (Lipinski definition) is 3. The highest BCUT2D eigenvalue weighted by Crippen LogP contribution is 2.40. The first kappa shape index (κ1) is 10.5. The Bertz CT molecular complexity index is 359. The molecule has 2 rings (SSSR count). The molecule has 1 aliphatic rings. The Labute approximate surface area is 89.9 Å². The van der Waals surface area contributed by atoms with Crippen molar-refractivity contribution in [2.45, 2.75) is 31.4 Å². The van der Waals surface area contributed by atoms with Crippen LogP contribution in [-0.4, -0.2) is 12.2 Å². The summed E-state index contributed by atoms with van der Waals surface area (Å²) in [5, 5.41) is 9.77. The molecule has 1 fully saturated rings. The van der Waals surface area contributed by atoms with Crippen LogP contribution < -0.4 is 5.73 Å². The summed E-state index contributed by atoms with van der Waals surface area (Å²) in [6.07, 6.45) is 3.20. The summed E-state index contributed by atoms with van der Waals surface area (Å²) in [5.74, 6) is 0.283. The molecule has 0 heterocycles. The van der Waals surface area contributed by atoms with E-state index in [0.717, 1.165) is 24.0 Å². The summed E-state index contributed by atoms with van der Waals surface area (Å²) in [6, 6.07) is 5.65. The maximum Gasteiger partial charge on any atom is 0.121 e. The first-order chi connectivity index (χ1) is 7.15. The fourth-order valence-electron chi connectivity index (χ4n) is 2.00. The number of methoxy groups -OCH3 is 1. The topological polar surface area (TPSA) is 55.5 Å². The minimum Gasteiger partial charge on any atom is -0.508 e. The highest BCUT2D eigenvalue weighted by molar-refractivity contribution is 5.39. The van der Waals surface area contributed by atoms with E-state index in [0.29, 0.717) is 6.61 Å². The van der Waals surface area contributed by atoms with E-state index in [9.17, 15) is 5.11 Å². The first-order valence-electron chi connectivity index (χ1n) is 5.26. The lowest BCUT2D eigenvalue weighted by atomic mass is 9.72. The van der Waals surface area contributed by atoms with Gasteiger partial charge in [-0.1, -0.05) is 12.1 Å². The van der Waals surface area contributed by atoms with E-state index in [1.165, 1.54) is 6.42 Å². The van der Waals surface area contributed by atoms with Crippen LogP contribution in [0.3, 0.4) is 0 Å². The van der Waals surface area contributed by atoms with Crippen molar-refractivity contribution in [3.8, 4) is 5.75 Å². The lowest BCUT2D eigenvalue weighted by Crippen LogP contribution is -2.43. The summed E-state index contributed by atoms with van der Waals surface area (Å²) in [5.41, 5.74) is 7.81. The van der Waals surface area contributed by atoms with Crippen LogP contribution in [0.25, 0.3) is 0 Å². The summed E-state index contributed by atoms with van der Waals surface area (Å²) in [4.78, 5) is 0. The van der Waals surface area contributed by atoms with Gasteiger partial charge in [0.05, 0.1) is 6.61 Å². The van der Waals surface area contributed by atoms with Crippen molar-refractivity contribution in [2.24, 2.45) is 5.73 Å². The van der Waals surface area contributed by atoms with Gasteiger partial charge in [-0.05, 0) is 30.9 Å². The molecule has 0 atom stereocenters. The van der Waals surface area contributed by atoms with E-state index >= 15 is 0 Å². The van der Waals surface area contributed by atoms with Crippen molar-refractivity contribution < 1.29 is 9.84 Å². The number of nitrogens with two attached hydrogens (primary N) is 1. The van der Waals surface area contributed by atoms with Gasteiger partial charge in [0.25, 0.3) is 0 Å². The van der Waals surface area contributed by atoms with Gasteiger partial charge in [-0.15, -0.1) is 0 Å². The molecule has 1 aromatic carbocycles. The van der Waals surface area contributed by atoms with Crippen LogP contribution in [0.5, 0.6) is 5.75 Å². The molecule has 0 aromatic heterocycles. The van der Waals surface area contributed by atoms with Crippen LogP contribution in [0, 0.1) is 0 Å². The minimum absolute atomic E-state index is 0.205. The second-order valence-electron chi connectivity index (χ2n) is 4.29. The van der Waals surface area contributed by atoms with Gasteiger partial charge in [-0.25, -0.2) is 0 Å². The van der Waals surface area contributed by atoms with Gasteiger partial charge in [0.2, 0.25) is 0 Å². The number of phenols is 1. The van der Waals surface area contributed by atoms with E-state index in [-0.39, 0.29) is 11.3 Å². The highest BCUT2D eigenvalue weighted by Gasteiger charge is 2.34. The molecule has 0 amide bonds. The Morgan fingerprint density at radius 2 is 2.20 bits per heavy atom. The number of benzene rings is 1. The van der Waals surface area contributed by atoms with Crippen LogP contribution in [-0.2, 0) is 16.9 Å². The standard InChI is InChI=1S/C12H17NO2/c1-15-8-9-3-4-10(7-11(9)14)12(13)5-2-6-12/h3-4,7,14H,2,5-6,8,13H2,1H3. The van der Waals surface area contributed by atoms with Crippen LogP contribution in [0.4, 0.5) is 0 Å². The quantitative estimate of drug-likeness (QED) is 0.795. The molecule has 0 bridgehead atoms. The maximum absolute atomic E-state index is 9.77. The predicted octanol–water partition coefficient (Wildman–Crippen LogP) is 1.88. The molecule has 3 nitrogen and oxygen atoms in total. The fraction of sp³-hybridized carbons (Fsp3) is 0.500. The zero-order valence-corrected chi connectivity index (χ0v) is 8.99. The van der Waals surface area contributed by atoms with Crippen molar-refractivity contribution in [3.63, 3.8) is 0 Å². The number of hydrogen-bond donors (Lipinski definition) is 2. The molecule has 1 aliphatic carbocycles. The van der Waals surface area contributed by atoms with E-state index in [4.69, 9.17) is 10.5 Å². The second-order valence-corrected chi connectivity index (χ2v) is 4.29. The zero-order chi connectivity index (χ0) is 10.9. The molecule has 0 unspecified atom stereocenters. The van der Waals surface area contributed by atoms with Crippen molar-refractivity contribution in [3.05, 3.63) is 29.3 Å². The zero-order valence-electron chi connectivity index (χ0n) is 8.99. The highest BCUT2D eigenvalue weighted by atomic mass is 16.5. The van der Waals surface area contributed by atoms with Crippen molar-refractivity contribution in [1.82, 2.24) is 0 Å². The second kappa shape index (κ2) is 3.83.